The molecule has 1 saturated heterocycles. The van der Waals surface area contributed by atoms with Crippen LogP contribution in [0, 0.1) is 24.1 Å². The number of hydrogen-bond donors (Lipinski definition) is 2. The summed E-state index contributed by atoms with van der Waals surface area (Å²) in [6, 6.07) is 14.2. The van der Waals surface area contributed by atoms with Crippen molar-refractivity contribution in [2.45, 2.75) is 18.9 Å². The molecule has 1 aliphatic carbocycles. The van der Waals surface area contributed by atoms with Crippen LogP contribution in [0.15, 0.2) is 48.5 Å². The van der Waals surface area contributed by atoms with Crippen LogP contribution in [0.1, 0.15) is 27.4 Å². The van der Waals surface area contributed by atoms with E-state index in [2.05, 4.69) is 0 Å². The molecule has 1 amide bonds. The molecule has 0 aromatic heterocycles. The molecule has 2 aromatic rings. The topological polar surface area (TPSA) is 60.8 Å². The maximum atomic E-state index is 14.1. The third-order valence-corrected chi connectivity index (χ3v) is 6.04. The van der Waals surface area contributed by atoms with E-state index in [0.717, 1.165) is 11.1 Å². The molecule has 1 saturated carbocycles. The van der Waals surface area contributed by atoms with Gasteiger partial charge in [-0.2, -0.15) is 0 Å². The maximum Gasteiger partial charge on any atom is 0.256 e. The van der Waals surface area contributed by atoms with Gasteiger partial charge >= 0.3 is 0 Å². The minimum absolute atomic E-state index is 0.00357. The van der Waals surface area contributed by atoms with Gasteiger partial charge in [0.1, 0.15) is 5.82 Å². The molecule has 136 valence electrons. The highest BCUT2D eigenvalue weighted by Gasteiger charge is 2.71. The average molecular weight is 355 g/mol. The van der Waals surface area contributed by atoms with Crippen molar-refractivity contribution >= 4 is 5.91 Å². The molecule has 2 N–H and O–H groups in total. The van der Waals surface area contributed by atoms with Gasteiger partial charge in [-0.1, -0.05) is 42.0 Å². The highest BCUT2D eigenvalue weighted by Crippen LogP contribution is 2.68. The van der Waals surface area contributed by atoms with Crippen LogP contribution in [0.25, 0.3) is 0 Å². The predicted octanol–water partition coefficient (Wildman–Crippen LogP) is 2.34. The number of aliphatic hydroxyl groups is 2. The third-order valence-electron chi connectivity index (χ3n) is 6.04. The van der Waals surface area contributed by atoms with E-state index in [1.165, 1.54) is 11.0 Å². The van der Waals surface area contributed by atoms with Crippen LogP contribution in [0.5, 0.6) is 0 Å². The number of benzene rings is 2. The van der Waals surface area contributed by atoms with Gasteiger partial charge in [0.25, 0.3) is 5.91 Å². The summed E-state index contributed by atoms with van der Waals surface area (Å²) in [6.45, 7) is 2.25. The average Bonchev–Trinajstić information content (AvgIpc) is 3.18. The van der Waals surface area contributed by atoms with Crippen molar-refractivity contribution < 1.29 is 19.4 Å². The Morgan fingerprint density at radius 2 is 2.00 bits per heavy atom. The lowest BCUT2D eigenvalue weighted by Gasteiger charge is -2.17. The first-order valence-electron chi connectivity index (χ1n) is 8.88. The van der Waals surface area contributed by atoms with Crippen LogP contribution in [-0.4, -0.2) is 46.8 Å². The highest BCUT2D eigenvalue weighted by atomic mass is 19.1. The van der Waals surface area contributed by atoms with E-state index < -0.39 is 23.2 Å². The fourth-order valence-corrected chi connectivity index (χ4v) is 4.70. The second-order valence-electron chi connectivity index (χ2n) is 7.47. The van der Waals surface area contributed by atoms with E-state index >= 15 is 0 Å². The zero-order valence-corrected chi connectivity index (χ0v) is 14.6. The lowest BCUT2D eigenvalue weighted by Crippen LogP contribution is -2.30. The van der Waals surface area contributed by atoms with Crippen LogP contribution in [0.4, 0.5) is 4.39 Å². The monoisotopic (exact) mass is 355 g/mol. The number of aryl methyl sites for hydroxylation is 1. The molecule has 1 aliphatic heterocycles. The molecule has 1 spiro atoms. The number of β-amino-alcohol motifs (C(OH)–C–C–N with tert-alkyl or cyclic N) is 1. The van der Waals surface area contributed by atoms with E-state index in [4.69, 9.17) is 0 Å². The zero-order valence-electron chi connectivity index (χ0n) is 14.6. The number of hydrogen-bond acceptors (Lipinski definition) is 3. The number of amides is 1. The second kappa shape index (κ2) is 6.18. The van der Waals surface area contributed by atoms with Crippen LogP contribution >= 0.6 is 0 Å². The predicted molar refractivity (Wildman–Crippen MR) is 95.2 cm³/mol. The van der Waals surface area contributed by atoms with Gasteiger partial charge in [-0.3, -0.25) is 4.79 Å². The normalized spacial score (nSPS) is 30.0. The van der Waals surface area contributed by atoms with Gasteiger partial charge in [0, 0.05) is 25.1 Å². The summed E-state index contributed by atoms with van der Waals surface area (Å²) in [7, 11) is 0. The second-order valence-corrected chi connectivity index (χ2v) is 7.47. The maximum absolute atomic E-state index is 14.1. The number of carbonyl (C=O) groups excluding carboxylic acids is 1. The lowest BCUT2D eigenvalue weighted by molar-refractivity contribution is 0.0759. The summed E-state index contributed by atoms with van der Waals surface area (Å²) < 4.78 is 14.1. The van der Waals surface area contributed by atoms with Crippen molar-refractivity contribution in [3.8, 4) is 0 Å². The summed E-state index contributed by atoms with van der Waals surface area (Å²) >= 11 is 0. The number of halogens is 1. The minimum Gasteiger partial charge on any atom is -0.396 e. The van der Waals surface area contributed by atoms with Crippen molar-refractivity contribution in [1.29, 1.82) is 0 Å². The molecule has 0 unspecified atom stereocenters. The molecule has 0 bridgehead atoms. The number of likely N-dealkylation sites (tertiary alicyclic amines) is 1. The van der Waals surface area contributed by atoms with E-state index in [9.17, 15) is 19.4 Å². The number of nitrogens with zero attached hydrogens (tertiary/aromatic N) is 1. The van der Waals surface area contributed by atoms with Crippen LogP contribution in [-0.2, 0) is 0 Å². The van der Waals surface area contributed by atoms with Gasteiger partial charge in [0.05, 0.1) is 11.7 Å². The van der Waals surface area contributed by atoms with Crippen LogP contribution in [0.3, 0.4) is 0 Å². The number of carbonyl (C=O) groups is 1. The Kier molecular flexibility index (Phi) is 4.09. The van der Waals surface area contributed by atoms with Gasteiger partial charge in [0.15, 0.2) is 0 Å². The Balaban J connectivity index is 1.62. The van der Waals surface area contributed by atoms with E-state index in [1.807, 2.05) is 37.3 Å². The lowest BCUT2D eigenvalue weighted by atomic mass is 9.95. The first-order chi connectivity index (χ1) is 12.5. The Morgan fingerprint density at radius 3 is 2.69 bits per heavy atom. The van der Waals surface area contributed by atoms with Crippen molar-refractivity contribution in [3.05, 3.63) is 71.0 Å². The molecule has 5 heteroatoms. The molecule has 4 atom stereocenters. The first kappa shape index (κ1) is 17.2. The summed E-state index contributed by atoms with van der Waals surface area (Å²) in [5.74, 6) is -1.05. The molecule has 1 heterocycles. The SMILES string of the molecule is Cc1ccc(F)c(C(=O)N2C[C@H](O)[C@@]3(C2)[C@H](CO)[C@H]3c2ccccc2)c1. The minimum atomic E-state index is -0.735. The van der Waals surface area contributed by atoms with Gasteiger partial charge < -0.3 is 15.1 Å². The number of rotatable bonds is 3. The summed E-state index contributed by atoms with van der Waals surface area (Å²) in [4.78, 5) is 14.4. The Labute approximate surface area is 151 Å². The smallest absolute Gasteiger partial charge is 0.256 e. The van der Waals surface area contributed by atoms with Crippen molar-refractivity contribution in [1.82, 2.24) is 4.90 Å². The molecule has 0 radical (unpaired) electrons. The molecule has 2 fully saturated rings. The van der Waals surface area contributed by atoms with Gasteiger partial charge in [-0.05, 0) is 36.5 Å². The van der Waals surface area contributed by atoms with Crippen molar-refractivity contribution in [2.75, 3.05) is 19.7 Å². The first-order valence-corrected chi connectivity index (χ1v) is 8.88. The standard InChI is InChI=1S/C21H22FNO3/c1-13-7-8-17(22)15(9-13)20(26)23-10-18(25)21(12-23)16(11-24)19(21)14-5-3-2-4-6-14/h2-9,16,18-19,24-25H,10-12H2,1H3/t16-,18+,19-,21-/m1/s1. The van der Waals surface area contributed by atoms with E-state index in [-0.39, 0.29) is 30.6 Å². The molecule has 26 heavy (non-hydrogen) atoms. The fraction of sp³-hybridized carbons (Fsp3) is 0.381. The van der Waals surface area contributed by atoms with E-state index in [1.54, 1.807) is 12.1 Å². The Hall–Kier alpha value is -2.24. The van der Waals surface area contributed by atoms with Gasteiger partial charge in [0.2, 0.25) is 0 Å². The van der Waals surface area contributed by atoms with Crippen LogP contribution < -0.4 is 0 Å². The third kappa shape index (κ3) is 2.46. The summed E-state index contributed by atoms with van der Waals surface area (Å²) in [6.07, 6.45) is -0.735. The summed E-state index contributed by atoms with van der Waals surface area (Å²) in [5.41, 5.74) is 1.35. The molecule has 2 aromatic carbocycles. The quantitative estimate of drug-likeness (QED) is 0.888. The highest BCUT2D eigenvalue weighted by molar-refractivity contribution is 5.95. The van der Waals surface area contributed by atoms with E-state index in [0.29, 0.717) is 6.54 Å². The molecule has 2 aliphatic rings. The van der Waals surface area contributed by atoms with Gasteiger partial charge in [-0.25, -0.2) is 4.39 Å². The molecule has 4 nitrogen and oxygen atoms in total. The molecule has 4 rings (SSSR count). The summed E-state index contributed by atoms with van der Waals surface area (Å²) in [5, 5.41) is 20.6. The Bertz CT molecular complexity index is 840. The largest absolute Gasteiger partial charge is 0.396 e. The van der Waals surface area contributed by atoms with Gasteiger partial charge in [-0.15, -0.1) is 0 Å². The molecular weight excluding hydrogens is 333 g/mol. The fourth-order valence-electron chi connectivity index (χ4n) is 4.70. The Morgan fingerprint density at radius 1 is 1.27 bits per heavy atom. The molecular formula is C21H22FNO3. The van der Waals surface area contributed by atoms with Crippen molar-refractivity contribution in [2.24, 2.45) is 11.3 Å². The van der Waals surface area contributed by atoms with Crippen molar-refractivity contribution in [3.63, 3.8) is 0 Å². The van der Waals surface area contributed by atoms with Crippen LogP contribution in [0.2, 0.25) is 0 Å². The zero-order chi connectivity index (χ0) is 18.5. The number of aliphatic hydroxyl groups excluding tert-OH is 2.